The van der Waals surface area contributed by atoms with Gasteiger partial charge in [0.15, 0.2) is 5.78 Å². The maximum absolute atomic E-state index is 12.4. The van der Waals surface area contributed by atoms with Gasteiger partial charge in [-0.3, -0.25) is 4.79 Å². The van der Waals surface area contributed by atoms with Crippen molar-refractivity contribution in [3.05, 3.63) is 28.2 Å². The Bertz CT molecular complexity index is 409. The molecule has 0 saturated heterocycles. The highest BCUT2D eigenvalue weighted by Gasteiger charge is 2.22. The molecule has 0 radical (unpaired) electrons. The minimum Gasteiger partial charge on any atom is -0.398 e. The lowest BCUT2D eigenvalue weighted by Gasteiger charge is -2.14. The number of ketones is 1. The number of anilines is 1. The molecule has 1 fully saturated rings. The molecular weight excluding hydrogens is 278 g/mol. The lowest BCUT2D eigenvalue weighted by atomic mass is 9.90. The number of nitrogens with two attached hydrogens (primary N) is 1. The fraction of sp³-hybridized carbons (Fsp3) is 0.500. The van der Waals surface area contributed by atoms with Crippen LogP contribution in [0.5, 0.6) is 0 Å². The van der Waals surface area contributed by atoms with Gasteiger partial charge in [-0.05, 0) is 31.0 Å². The van der Waals surface area contributed by atoms with Crippen LogP contribution in [0.3, 0.4) is 0 Å². The fourth-order valence-corrected chi connectivity index (χ4v) is 2.90. The Morgan fingerprint density at radius 3 is 2.41 bits per heavy atom. The van der Waals surface area contributed by atoms with Crippen LogP contribution in [0.2, 0.25) is 0 Å². The molecule has 0 aromatic heterocycles. The van der Waals surface area contributed by atoms with Gasteiger partial charge in [0.2, 0.25) is 0 Å². The van der Waals surface area contributed by atoms with Crippen molar-refractivity contribution in [1.82, 2.24) is 0 Å². The van der Waals surface area contributed by atoms with E-state index in [1.165, 1.54) is 25.7 Å². The maximum Gasteiger partial charge on any atom is 0.168 e. The van der Waals surface area contributed by atoms with Gasteiger partial charge in [0.25, 0.3) is 0 Å². The summed E-state index contributed by atoms with van der Waals surface area (Å²) in [5, 5.41) is 0. The van der Waals surface area contributed by atoms with Crippen molar-refractivity contribution >= 4 is 27.4 Å². The molecule has 1 aliphatic rings. The van der Waals surface area contributed by atoms with Crippen molar-refractivity contribution in [3.8, 4) is 0 Å². The zero-order chi connectivity index (χ0) is 12.3. The second-order valence-electron chi connectivity index (χ2n) is 4.78. The molecule has 92 valence electrons. The van der Waals surface area contributed by atoms with Gasteiger partial charge in [0.05, 0.1) is 0 Å². The first-order valence-electron chi connectivity index (χ1n) is 6.27. The van der Waals surface area contributed by atoms with Crippen molar-refractivity contribution in [2.24, 2.45) is 5.92 Å². The van der Waals surface area contributed by atoms with Gasteiger partial charge < -0.3 is 5.73 Å². The van der Waals surface area contributed by atoms with Crippen molar-refractivity contribution in [1.29, 1.82) is 0 Å². The topological polar surface area (TPSA) is 43.1 Å². The predicted octanol–water partition coefficient (Wildman–Crippen LogP) is 4.18. The smallest absolute Gasteiger partial charge is 0.168 e. The molecule has 3 heteroatoms. The van der Waals surface area contributed by atoms with Gasteiger partial charge in [-0.25, -0.2) is 0 Å². The predicted molar refractivity (Wildman–Crippen MR) is 74.1 cm³/mol. The van der Waals surface area contributed by atoms with E-state index in [0.717, 1.165) is 17.3 Å². The third kappa shape index (κ3) is 3.09. The molecule has 0 unspecified atom stereocenters. The van der Waals surface area contributed by atoms with Crippen molar-refractivity contribution in [3.63, 3.8) is 0 Å². The van der Waals surface area contributed by atoms with Crippen LogP contribution in [-0.4, -0.2) is 5.78 Å². The lowest BCUT2D eigenvalue weighted by Crippen LogP contribution is -2.15. The van der Waals surface area contributed by atoms with Crippen LogP contribution in [-0.2, 0) is 0 Å². The summed E-state index contributed by atoms with van der Waals surface area (Å²) in [5.74, 6) is 0.415. The highest BCUT2D eigenvalue weighted by Crippen LogP contribution is 2.28. The van der Waals surface area contributed by atoms with Crippen molar-refractivity contribution in [2.45, 2.75) is 38.5 Å². The molecular formula is C14H18BrNO. The number of hydrogen-bond donors (Lipinski definition) is 1. The number of halogens is 1. The maximum atomic E-state index is 12.4. The van der Waals surface area contributed by atoms with Gasteiger partial charge in [-0.1, -0.05) is 41.6 Å². The molecule has 1 aliphatic carbocycles. The van der Waals surface area contributed by atoms with E-state index in [9.17, 15) is 4.79 Å². The quantitative estimate of drug-likeness (QED) is 0.505. The average Bonchev–Trinajstić information content (AvgIpc) is 2.56. The van der Waals surface area contributed by atoms with Gasteiger partial charge >= 0.3 is 0 Å². The average molecular weight is 296 g/mol. The first-order chi connectivity index (χ1) is 8.18. The summed E-state index contributed by atoms with van der Waals surface area (Å²) in [6, 6.07) is 5.54. The number of rotatable bonds is 2. The third-order valence-electron chi connectivity index (χ3n) is 3.51. The number of nitrogen functional groups attached to an aromatic ring is 1. The molecule has 2 nitrogen and oxygen atoms in total. The number of carbonyl (C=O) groups is 1. The number of carbonyl (C=O) groups excluding carboxylic acids is 1. The molecule has 0 bridgehead atoms. The van der Waals surface area contributed by atoms with E-state index in [2.05, 4.69) is 15.9 Å². The first-order valence-corrected chi connectivity index (χ1v) is 7.07. The molecule has 1 aromatic carbocycles. The van der Waals surface area contributed by atoms with Crippen LogP contribution in [0.25, 0.3) is 0 Å². The zero-order valence-corrected chi connectivity index (χ0v) is 11.5. The lowest BCUT2D eigenvalue weighted by molar-refractivity contribution is 0.0909. The highest BCUT2D eigenvalue weighted by atomic mass is 79.9. The SMILES string of the molecule is Nc1cc(Br)ccc1C(=O)C1CCCCCC1. The summed E-state index contributed by atoms with van der Waals surface area (Å²) < 4.78 is 0.924. The largest absolute Gasteiger partial charge is 0.398 e. The summed E-state index contributed by atoms with van der Waals surface area (Å²) in [4.78, 5) is 12.4. The van der Waals surface area contributed by atoms with E-state index in [1.54, 1.807) is 0 Å². The Morgan fingerprint density at radius 2 is 1.82 bits per heavy atom. The van der Waals surface area contributed by atoms with Gasteiger partial charge in [-0.15, -0.1) is 0 Å². The van der Waals surface area contributed by atoms with E-state index in [-0.39, 0.29) is 11.7 Å². The van der Waals surface area contributed by atoms with Crippen LogP contribution in [0.1, 0.15) is 48.9 Å². The molecule has 2 N–H and O–H groups in total. The van der Waals surface area contributed by atoms with Crippen LogP contribution < -0.4 is 5.73 Å². The van der Waals surface area contributed by atoms with Crippen LogP contribution in [0.15, 0.2) is 22.7 Å². The standard InChI is InChI=1S/C14H18BrNO/c15-11-7-8-12(13(16)9-11)14(17)10-5-3-1-2-4-6-10/h7-10H,1-6,16H2. The number of hydrogen-bond acceptors (Lipinski definition) is 2. The number of Topliss-reactive ketones (excluding diaryl/α,β-unsaturated/α-hetero) is 1. The summed E-state index contributed by atoms with van der Waals surface area (Å²) in [7, 11) is 0. The molecule has 0 heterocycles. The minimum absolute atomic E-state index is 0.181. The third-order valence-corrected chi connectivity index (χ3v) is 4.00. The van der Waals surface area contributed by atoms with Gasteiger partial charge in [0, 0.05) is 21.6 Å². The van der Waals surface area contributed by atoms with E-state index < -0.39 is 0 Å². The van der Waals surface area contributed by atoms with E-state index in [0.29, 0.717) is 11.3 Å². The second kappa shape index (κ2) is 5.67. The zero-order valence-electron chi connectivity index (χ0n) is 9.92. The van der Waals surface area contributed by atoms with E-state index >= 15 is 0 Å². The molecule has 2 rings (SSSR count). The second-order valence-corrected chi connectivity index (χ2v) is 5.70. The van der Waals surface area contributed by atoms with E-state index in [4.69, 9.17) is 5.73 Å². The Hall–Kier alpha value is -0.830. The number of benzene rings is 1. The van der Waals surface area contributed by atoms with Gasteiger partial charge in [-0.2, -0.15) is 0 Å². The minimum atomic E-state index is 0.181. The summed E-state index contributed by atoms with van der Waals surface area (Å²) >= 11 is 3.36. The molecule has 17 heavy (non-hydrogen) atoms. The summed E-state index contributed by atoms with van der Waals surface area (Å²) in [5.41, 5.74) is 7.20. The van der Waals surface area contributed by atoms with Crippen LogP contribution >= 0.6 is 15.9 Å². The van der Waals surface area contributed by atoms with Gasteiger partial charge in [0.1, 0.15) is 0 Å². The summed E-state index contributed by atoms with van der Waals surface area (Å²) in [6.45, 7) is 0. The normalized spacial score (nSPS) is 17.7. The van der Waals surface area contributed by atoms with Crippen molar-refractivity contribution in [2.75, 3.05) is 5.73 Å². The Balaban J connectivity index is 2.17. The molecule has 0 spiro atoms. The van der Waals surface area contributed by atoms with Crippen LogP contribution in [0, 0.1) is 5.92 Å². The highest BCUT2D eigenvalue weighted by molar-refractivity contribution is 9.10. The van der Waals surface area contributed by atoms with Crippen LogP contribution in [0.4, 0.5) is 5.69 Å². The first kappa shape index (κ1) is 12.6. The Labute approximate surface area is 111 Å². The Kier molecular flexibility index (Phi) is 4.21. The fourth-order valence-electron chi connectivity index (χ4n) is 2.52. The molecule has 0 atom stereocenters. The summed E-state index contributed by atoms with van der Waals surface area (Å²) in [6.07, 6.45) is 6.92. The monoisotopic (exact) mass is 295 g/mol. The molecule has 0 amide bonds. The molecule has 0 aliphatic heterocycles. The molecule has 1 saturated carbocycles. The Morgan fingerprint density at radius 1 is 1.18 bits per heavy atom. The van der Waals surface area contributed by atoms with E-state index in [1.807, 2.05) is 18.2 Å². The van der Waals surface area contributed by atoms with Crippen molar-refractivity contribution < 1.29 is 4.79 Å². The molecule has 1 aromatic rings.